The van der Waals surface area contributed by atoms with Crippen LogP contribution >= 0.6 is 0 Å². The molecule has 2 aromatic carbocycles. The molecule has 0 bridgehead atoms. The SMILES string of the molecule is O=C(CN1C(=O)c2ccccc2S1(=O)=O)N1CCN(C(=O)[C@@H]2COc3ccccc3O2)CC1. The molecule has 172 valence electrons. The van der Waals surface area contributed by atoms with Crippen molar-refractivity contribution in [3.8, 4) is 11.5 Å². The molecule has 1 saturated heterocycles. The van der Waals surface area contributed by atoms with E-state index in [1.807, 2.05) is 6.07 Å². The number of nitrogens with zero attached hydrogens (tertiary/aromatic N) is 3. The van der Waals surface area contributed by atoms with Crippen molar-refractivity contribution in [3.05, 3.63) is 54.1 Å². The average molecular weight is 471 g/mol. The van der Waals surface area contributed by atoms with Crippen molar-refractivity contribution in [1.82, 2.24) is 14.1 Å². The molecule has 33 heavy (non-hydrogen) atoms. The summed E-state index contributed by atoms with van der Waals surface area (Å²) in [5, 5.41) is 0. The Morgan fingerprint density at radius 3 is 2.27 bits per heavy atom. The normalized spacial score (nSPS) is 21.0. The van der Waals surface area contributed by atoms with Gasteiger partial charge in [0.25, 0.3) is 21.8 Å². The van der Waals surface area contributed by atoms with Crippen LogP contribution in [0.3, 0.4) is 0 Å². The number of hydrogen-bond acceptors (Lipinski definition) is 7. The van der Waals surface area contributed by atoms with Gasteiger partial charge in [0, 0.05) is 26.2 Å². The Bertz CT molecular complexity index is 1240. The Morgan fingerprint density at radius 2 is 1.55 bits per heavy atom. The maximum absolute atomic E-state index is 12.9. The van der Waals surface area contributed by atoms with E-state index >= 15 is 0 Å². The van der Waals surface area contributed by atoms with E-state index in [1.54, 1.807) is 29.2 Å². The van der Waals surface area contributed by atoms with E-state index in [9.17, 15) is 22.8 Å². The molecule has 11 heteroatoms. The number of fused-ring (bicyclic) bond motifs is 2. The van der Waals surface area contributed by atoms with Gasteiger partial charge in [-0.05, 0) is 24.3 Å². The third-order valence-corrected chi connectivity index (χ3v) is 7.71. The van der Waals surface area contributed by atoms with Gasteiger partial charge in [-0.2, -0.15) is 0 Å². The highest BCUT2D eigenvalue weighted by Gasteiger charge is 2.43. The van der Waals surface area contributed by atoms with E-state index in [1.165, 1.54) is 23.1 Å². The number of amides is 3. The summed E-state index contributed by atoms with van der Waals surface area (Å²) in [6.45, 7) is 0.526. The Kier molecular flexibility index (Phi) is 5.20. The summed E-state index contributed by atoms with van der Waals surface area (Å²) >= 11 is 0. The van der Waals surface area contributed by atoms with Crippen molar-refractivity contribution in [2.45, 2.75) is 11.0 Å². The van der Waals surface area contributed by atoms with Crippen molar-refractivity contribution in [2.24, 2.45) is 0 Å². The number of piperazine rings is 1. The van der Waals surface area contributed by atoms with Crippen molar-refractivity contribution in [2.75, 3.05) is 39.3 Å². The smallest absolute Gasteiger partial charge is 0.269 e. The quantitative estimate of drug-likeness (QED) is 0.634. The minimum Gasteiger partial charge on any atom is -0.485 e. The van der Waals surface area contributed by atoms with E-state index in [-0.39, 0.29) is 49.2 Å². The van der Waals surface area contributed by atoms with Crippen LogP contribution in [0.5, 0.6) is 11.5 Å². The largest absolute Gasteiger partial charge is 0.485 e. The van der Waals surface area contributed by atoms with Gasteiger partial charge in [-0.25, -0.2) is 12.7 Å². The van der Waals surface area contributed by atoms with Crippen LogP contribution < -0.4 is 9.47 Å². The summed E-state index contributed by atoms with van der Waals surface area (Å²) < 4.78 is 37.3. The summed E-state index contributed by atoms with van der Waals surface area (Å²) in [5.74, 6) is -0.330. The monoisotopic (exact) mass is 471 g/mol. The molecule has 0 saturated carbocycles. The maximum atomic E-state index is 12.9. The lowest BCUT2D eigenvalue weighted by Crippen LogP contribution is -2.56. The third kappa shape index (κ3) is 3.67. The zero-order valence-corrected chi connectivity index (χ0v) is 18.4. The molecule has 3 amide bonds. The summed E-state index contributed by atoms with van der Waals surface area (Å²) in [6.07, 6.45) is -0.770. The van der Waals surface area contributed by atoms with E-state index in [4.69, 9.17) is 9.47 Å². The molecular formula is C22H21N3O7S. The molecule has 0 N–H and O–H groups in total. The topological polar surface area (TPSA) is 114 Å². The van der Waals surface area contributed by atoms with Gasteiger partial charge in [0.05, 0.1) is 5.56 Å². The Hall–Kier alpha value is -3.60. The first kappa shape index (κ1) is 21.3. The highest BCUT2D eigenvalue weighted by Crippen LogP contribution is 2.32. The third-order valence-electron chi connectivity index (χ3n) is 5.92. The van der Waals surface area contributed by atoms with Crippen LogP contribution in [0.1, 0.15) is 10.4 Å². The zero-order chi connectivity index (χ0) is 23.2. The van der Waals surface area contributed by atoms with Gasteiger partial charge < -0.3 is 19.3 Å². The van der Waals surface area contributed by atoms with Crippen molar-refractivity contribution < 1.29 is 32.3 Å². The van der Waals surface area contributed by atoms with Gasteiger partial charge >= 0.3 is 0 Å². The summed E-state index contributed by atoms with van der Waals surface area (Å²) in [6, 6.07) is 13.0. The first-order chi connectivity index (χ1) is 15.9. The fourth-order valence-corrected chi connectivity index (χ4v) is 5.65. The highest BCUT2D eigenvalue weighted by atomic mass is 32.2. The molecular weight excluding hydrogens is 450 g/mol. The number of para-hydroxylation sites is 2. The summed E-state index contributed by atoms with van der Waals surface area (Å²) in [4.78, 5) is 41.1. The Balaban J connectivity index is 1.18. The number of carbonyl (C=O) groups is 3. The lowest BCUT2D eigenvalue weighted by atomic mass is 10.2. The van der Waals surface area contributed by atoms with Gasteiger partial charge in [-0.15, -0.1) is 0 Å². The first-order valence-electron chi connectivity index (χ1n) is 10.5. The standard InChI is InChI=1S/C22H21N3O7S/c26-20(13-25-21(27)15-5-1-4-8-19(15)33(25,29)30)23-9-11-24(12-10-23)22(28)18-14-31-16-6-2-3-7-17(16)32-18/h1-8,18H,9-14H2/t18-/m0/s1. The molecule has 0 unspecified atom stereocenters. The fraction of sp³-hybridized carbons (Fsp3) is 0.318. The Labute approximate surface area is 190 Å². The highest BCUT2D eigenvalue weighted by molar-refractivity contribution is 7.90. The summed E-state index contributed by atoms with van der Waals surface area (Å²) in [5.41, 5.74) is 0.0667. The molecule has 3 heterocycles. The van der Waals surface area contributed by atoms with Crippen LogP contribution in [-0.2, 0) is 19.6 Å². The maximum Gasteiger partial charge on any atom is 0.269 e. The summed E-state index contributed by atoms with van der Waals surface area (Å²) in [7, 11) is -4.05. The molecule has 2 aromatic rings. The molecule has 3 aliphatic rings. The molecule has 0 radical (unpaired) electrons. The minimum absolute atomic E-state index is 0.0667. The van der Waals surface area contributed by atoms with Crippen LogP contribution in [0.15, 0.2) is 53.4 Å². The molecule has 0 aromatic heterocycles. The zero-order valence-electron chi connectivity index (χ0n) is 17.5. The van der Waals surface area contributed by atoms with Crippen LogP contribution in [0.4, 0.5) is 0 Å². The van der Waals surface area contributed by atoms with E-state index in [0.717, 1.165) is 0 Å². The predicted molar refractivity (Wildman–Crippen MR) is 114 cm³/mol. The number of ether oxygens (including phenoxy) is 2. The average Bonchev–Trinajstić information content (AvgIpc) is 3.04. The van der Waals surface area contributed by atoms with Crippen molar-refractivity contribution >= 4 is 27.7 Å². The van der Waals surface area contributed by atoms with E-state index < -0.39 is 34.5 Å². The van der Waals surface area contributed by atoms with Crippen LogP contribution in [0, 0.1) is 0 Å². The molecule has 0 spiro atoms. The lowest BCUT2D eigenvalue weighted by molar-refractivity contribution is -0.146. The fourth-order valence-electron chi connectivity index (χ4n) is 4.13. The molecule has 5 rings (SSSR count). The second-order valence-corrected chi connectivity index (χ2v) is 9.71. The first-order valence-corrected chi connectivity index (χ1v) is 11.9. The van der Waals surface area contributed by atoms with Crippen LogP contribution in [-0.4, -0.2) is 85.7 Å². The van der Waals surface area contributed by atoms with Crippen molar-refractivity contribution in [3.63, 3.8) is 0 Å². The van der Waals surface area contributed by atoms with Crippen LogP contribution in [0.25, 0.3) is 0 Å². The van der Waals surface area contributed by atoms with Gasteiger partial charge in [-0.3, -0.25) is 14.4 Å². The molecule has 1 fully saturated rings. The Morgan fingerprint density at radius 1 is 0.909 bits per heavy atom. The van der Waals surface area contributed by atoms with Crippen molar-refractivity contribution in [1.29, 1.82) is 0 Å². The van der Waals surface area contributed by atoms with Gasteiger partial charge in [-0.1, -0.05) is 24.3 Å². The van der Waals surface area contributed by atoms with Gasteiger partial charge in [0.15, 0.2) is 11.5 Å². The molecule has 1 atom stereocenters. The molecule has 0 aliphatic carbocycles. The lowest BCUT2D eigenvalue weighted by Gasteiger charge is -2.37. The number of sulfonamides is 1. The molecule has 10 nitrogen and oxygen atoms in total. The molecule has 3 aliphatic heterocycles. The van der Waals surface area contributed by atoms with Gasteiger partial charge in [0.1, 0.15) is 18.0 Å². The second kappa shape index (κ2) is 8.07. The number of carbonyl (C=O) groups excluding carboxylic acids is 3. The minimum atomic E-state index is -4.05. The van der Waals surface area contributed by atoms with Crippen LogP contribution in [0.2, 0.25) is 0 Å². The number of benzene rings is 2. The number of hydrogen-bond donors (Lipinski definition) is 0. The predicted octanol–water partition coefficient (Wildman–Crippen LogP) is 0.342. The van der Waals surface area contributed by atoms with Gasteiger partial charge in [0.2, 0.25) is 12.0 Å². The second-order valence-electron chi connectivity index (χ2n) is 7.88. The van der Waals surface area contributed by atoms with E-state index in [0.29, 0.717) is 15.8 Å². The van der Waals surface area contributed by atoms with E-state index in [2.05, 4.69) is 0 Å². The number of rotatable bonds is 3.